The van der Waals surface area contributed by atoms with E-state index in [9.17, 15) is 4.79 Å². The number of ether oxygens (including phenoxy) is 1. The van der Waals surface area contributed by atoms with Crippen LogP contribution in [-0.4, -0.2) is 51.7 Å². The van der Waals surface area contributed by atoms with Gasteiger partial charge in [0.05, 0.1) is 6.33 Å². The lowest BCUT2D eigenvalue weighted by atomic mass is 9.93. The molecule has 0 radical (unpaired) electrons. The highest BCUT2D eigenvalue weighted by molar-refractivity contribution is 6.31. The first-order valence-electron chi connectivity index (χ1n) is 11.2. The number of carbonyl (C=O) groups excluding carboxylic acids is 1. The molecule has 1 saturated heterocycles. The number of nitrogens with one attached hydrogen (secondary N) is 2. The van der Waals surface area contributed by atoms with Crippen LogP contribution in [0, 0.1) is 0 Å². The summed E-state index contributed by atoms with van der Waals surface area (Å²) in [6.45, 7) is 7.04. The average Bonchev–Trinajstić information content (AvgIpc) is 3.59. The standard InChI is InChI=1S/C25H26ClN5O2/c1-3-18(19-4-7-29-24(19)27-2)20-12-17(26)10-16-11-22(33-23(16)20)25(32)31-8-5-15(6-9-31)21-13-28-14-30-21/h3-4,7,10,12-15,22,29H,2,5-6,8-9,11H2,1H3,(H,28,30)/b18-3+/t22-/m1/s1. The van der Waals surface area contributed by atoms with Crippen molar-refractivity contribution in [1.29, 1.82) is 0 Å². The number of aliphatic imine (C=N–C) groups is 1. The minimum absolute atomic E-state index is 0.0356. The van der Waals surface area contributed by atoms with Crippen molar-refractivity contribution in [1.82, 2.24) is 19.9 Å². The predicted molar refractivity (Wildman–Crippen MR) is 129 cm³/mol. The maximum atomic E-state index is 13.3. The summed E-state index contributed by atoms with van der Waals surface area (Å²) < 4.78 is 6.30. The van der Waals surface area contributed by atoms with Gasteiger partial charge in [0.15, 0.2) is 6.10 Å². The minimum atomic E-state index is -0.540. The minimum Gasteiger partial charge on any atom is -0.479 e. The van der Waals surface area contributed by atoms with Crippen molar-refractivity contribution in [3.8, 4) is 5.75 Å². The topological polar surface area (TPSA) is 86.4 Å². The molecule has 33 heavy (non-hydrogen) atoms. The lowest BCUT2D eigenvalue weighted by Gasteiger charge is -2.32. The van der Waals surface area contributed by atoms with Crippen LogP contribution in [0.15, 0.2) is 48.0 Å². The van der Waals surface area contributed by atoms with Gasteiger partial charge in [-0.1, -0.05) is 17.7 Å². The first-order chi connectivity index (χ1) is 16.1. The molecule has 2 aromatic heterocycles. The van der Waals surface area contributed by atoms with E-state index in [4.69, 9.17) is 16.3 Å². The highest BCUT2D eigenvalue weighted by Crippen LogP contribution is 2.43. The Kier molecular flexibility index (Phi) is 5.81. The van der Waals surface area contributed by atoms with Crippen LogP contribution in [0.3, 0.4) is 0 Å². The molecule has 0 spiro atoms. The number of hydrogen-bond acceptors (Lipinski definition) is 4. The van der Waals surface area contributed by atoms with Crippen LogP contribution in [0.1, 0.15) is 48.1 Å². The van der Waals surface area contributed by atoms with Crippen molar-refractivity contribution in [2.24, 2.45) is 4.99 Å². The second kappa shape index (κ2) is 8.90. The molecule has 4 heterocycles. The number of benzene rings is 1. The third kappa shape index (κ3) is 3.97. The first kappa shape index (κ1) is 21.5. The molecule has 1 aromatic carbocycles. The highest BCUT2D eigenvalue weighted by Gasteiger charge is 2.36. The Morgan fingerprint density at radius 1 is 1.30 bits per heavy atom. The fourth-order valence-corrected chi connectivity index (χ4v) is 5.17. The zero-order valence-electron chi connectivity index (χ0n) is 18.5. The van der Waals surface area contributed by atoms with E-state index in [0.29, 0.717) is 36.3 Å². The van der Waals surface area contributed by atoms with Gasteiger partial charge in [-0.25, -0.2) is 9.98 Å². The van der Waals surface area contributed by atoms with Crippen LogP contribution >= 0.6 is 11.6 Å². The lowest BCUT2D eigenvalue weighted by Crippen LogP contribution is -2.45. The van der Waals surface area contributed by atoms with E-state index in [-0.39, 0.29) is 5.91 Å². The zero-order chi connectivity index (χ0) is 22.9. The molecule has 3 aromatic rings. The number of fused-ring (bicyclic) bond motifs is 1. The predicted octanol–water partition coefficient (Wildman–Crippen LogP) is 4.88. The largest absolute Gasteiger partial charge is 0.479 e. The number of aromatic nitrogens is 3. The van der Waals surface area contributed by atoms with Gasteiger partial charge in [0.1, 0.15) is 11.6 Å². The van der Waals surface area contributed by atoms with E-state index >= 15 is 0 Å². The van der Waals surface area contributed by atoms with Gasteiger partial charge in [0, 0.05) is 65.2 Å². The van der Waals surface area contributed by atoms with Gasteiger partial charge in [0.2, 0.25) is 0 Å². The van der Waals surface area contributed by atoms with Gasteiger partial charge >= 0.3 is 0 Å². The Morgan fingerprint density at radius 2 is 2.12 bits per heavy atom. The smallest absolute Gasteiger partial charge is 0.263 e. The summed E-state index contributed by atoms with van der Waals surface area (Å²) in [6.07, 6.45) is 9.22. The quantitative estimate of drug-likeness (QED) is 0.528. The highest BCUT2D eigenvalue weighted by atomic mass is 35.5. The van der Waals surface area contributed by atoms with E-state index in [1.807, 2.05) is 48.5 Å². The normalized spacial score (nSPS) is 18.8. The number of rotatable bonds is 5. The molecular formula is C25H26ClN5O2. The number of allylic oxidation sites excluding steroid dienone is 1. The maximum absolute atomic E-state index is 13.3. The molecule has 2 aliphatic rings. The molecule has 2 aliphatic heterocycles. The number of aromatic amines is 2. The van der Waals surface area contributed by atoms with Crippen LogP contribution < -0.4 is 4.74 Å². The number of amides is 1. The van der Waals surface area contributed by atoms with Gasteiger partial charge in [-0.3, -0.25) is 4.79 Å². The Morgan fingerprint density at radius 3 is 2.82 bits per heavy atom. The number of carbonyl (C=O) groups is 1. The van der Waals surface area contributed by atoms with Crippen LogP contribution in [0.2, 0.25) is 5.02 Å². The maximum Gasteiger partial charge on any atom is 0.263 e. The van der Waals surface area contributed by atoms with E-state index < -0.39 is 6.10 Å². The molecular weight excluding hydrogens is 438 g/mol. The van der Waals surface area contributed by atoms with Gasteiger partial charge in [0.25, 0.3) is 5.91 Å². The molecule has 1 fully saturated rings. The number of halogens is 1. The van der Waals surface area contributed by atoms with Crippen LogP contribution in [0.4, 0.5) is 5.82 Å². The second-order valence-electron chi connectivity index (χ2n) is 8.46. The molecule has 1 amide bonds. The fourth-order valence-electron chi connectivity index (χ4n) is 4.93. The van der Waals surface area contributed by atoms with Gasteiger partial charge < -0.3 is 19.6 Å². The van der Waals surface area contributed by atoms with E-state index in [0.717, 1.165) is 46.5 Å². The first-order valence-corrected chi connectivity index (χ1v) is 11.5. The number of piperidine rings is 1. The number of nitrogens with zero attached hydrogens (tertiary/aromatic N) is 3. The molecule has 5 rings (SSSR count). The van der Waals surface area contributed by atoms with Crippen LogP contribution in [0.5, 0.6) is 5.75 Å². The monoisotopic (exact) mass is 463 g/mol. The molecule has 0 unspecified atom stereocenters. The summed E-state index contributed by atoms with van der Waals surface area (Å²) in [6, 6.07) is 5.74. The summed E-state index contributed by atoms with van der Waals surface area (Å²) in [5, 5.41) is 0.615. The van der Waals surface area contributed by atoms with Gasteiger partial charge in [-0.2, -0.15) is 0 Å². The van der Waals surface area contributed by atoms with E-state index in [1.54, 1.807) is 6.33 Å². The Balaban J connectivity index is 1.35. The van der Waals surface area contributed by atoms with E-state index in [1.165, 1.54) is 0 Å². The SMILES string of the molecule is C=Nc1[nH]ccc1/C(=C\C)c1cc(Cl)cc2c1O[C@@H](C(=O)N1CCC(c3cnc[nH]3)CC1)C2. The fraction of sp³-hybridized carbons (Fsp3) is 0.320. The summed E-state index contributed by atoms with van der Waals surface area (Å²) in [5.74, 6) is 1.85. The van der Waals surface area contributed by atoms with Crippen molar-refractivity contribution in [2.75, 3.05) is 13.1 Å². The average molecular weight is 464 g/mol. The third-order valence-corrected chi connectivity index (χ3v) is 6.81. The molecule has 8 heteroatoms. The number of imidazole rings is 1. The van der Waals surface area contributed by atoms with E-state index in [2.05, 4.69) is 26.7 Å². The number of likely N-dealkylation sites (tertiary alicyclic amines) is 1. The Bertz CT molecular complexity index is 1210. The molecule has 1 atom stereocenters. The summed E-state index contributed by atoms with van der Waals surface area (Å²) in [5.41, 5.74) is 4.80. The third-order valence-electron chi connectivity index (χ3n) is 6.59. The van der Waals surface area contributed by atoms with Crippen molar-refractivity contribution < 1.29 is 9.53 Å². The number of H-pyrrole nitrogens is 2. The Labute approximate surface area is 197 Å². The molecule has 2 N–H and O–H groups in total. The van der Waals surface area contributed by atoms with Gasteiger partial charge in [-0.15, -0.1) is 0 Å². The Hall–Kier alpha value is -3.32. The molecule has 0 aliphatic carbocycles. The molecule has 0 bridgehead atoms. The lowest BCUT2D eigenvalue weighted by molar-refractivity contribution is -0.139. The molecule has 7 nitrogen and oxygen atoms in total. The van der Waals surface area contributed by atoms with Crippen LogP contribution in [0.25, 0.3) is 5.57 Å². The summed E-state index contributed by atoms with van der Waals surface area (Å²) >= 11 is 6.48. The van der Waals surface area contributed by atoms with Crippen molar-refractivity contribution in [3.05, 3.63) is 70.4 Å². The number of hydrogen-bond donors (Lipinski definition) is 2. The van der Waals surface area contributed by atoms with Crippen molar-refractivity contribution >= 4 is 35.6 Å². The van der Waals surface area contributed by atoms with Gasteiger partial charge in [-0.05, 0) is 50.3 Å². The summed E-state index contributed by atoms with van der Waals surface area (Å²) in [4.78, 5) is 29.7. The van der Waals surface area contributed by atoms with Crippen molar-refractivity contribution in [3.63, 3.8) is 0 Å². The molecule has 0 saturated carbocycles. The van der Waals surface area contributed by atoms with Crippen LogP contribution in [-0.2, 0) is 11.2 Å². The second-order valence-corrected chi connectivity index (χ2v) is 8.90. The molecule has 170 valence electrons. The zero-order valence-corrected chi connectivity index (χ0v) is 19.2. The van der Waals surface area contributed by atoms with Crippen molar-refractivity contribution in [2.45, 2.75) is 38.2 Å². The summed E-state index contributed by atoms with van der Waals surface area (Å²) in [7, 11) is 0.